The number of rotatable bonds is 2. The van der Waals surface area contributed by atoms with Crippen molar-refractivity contribution in [2.45, 2.75) is 6.42 Å². The Labute approximate surface area is 78.9 Å². The Hall–Kier alpha value is -1.56. The molecule has 2 radical (unpaired) electrons. The van der Waals surface area contributed by atoms with E-state index in [0.717, 1.165) is 6.42 Å². The number of benzene rings is 2. The van der Waals surface area contributed by atoms with Gasteiger partial charge in [-0.1, -0.05) is 48.5 Å². The van der Waals surface area contributed by atoms with Gasteiger partial charge in [0.2, 0.25) is 0 Å². The average Bonchev–Trinajstić information content (AvgIpc) is 2.21. The van der Waals surface area contributed by atoms with Gasteiger partial charge in [0, 0.05) is 0 Å². The van der Waals surface area contributed by atoms with Crippen LogP contribution >= 0.6 is 0 Å². The van der Waals surface area contributed by atoms with Gasteiger partial charge in [0.25, 0.3) is 0 Å². The summed E-state index contributed by atoms with van der Waals surface area (Å²) in [7, 11) is 0. The normalized spacial score (nSPS) is 9.85. The monoisotopic (exact) mass is 166 g/mol. The van der Waals surface area contributed by atoms with Crippen molar-refractivity contribution < 1.29 is 0 Å². The molecule has 2 aromatic carbocycles. The fraction of sp³-hybridized carbons (Fsp3) is 0.0769. The summed E-state index contributed by atoms with van der Waals surface area (Å²) in [5.41, 5.74) is 2.59. The van der Waals surface area contributed by atoms with Crippen LogP contribution < -0.4 is 0 Å². The molecule has 0 heterocycles. The van der Waals surface area contributed by atoms with E-state index in [1.807, 2.05) is 36.4 Å². The summed E-state index contributed by atoms with van der Waals surface area (Å²) < 4.78 is 0. The van der Waals surface area contributed by atoms with E-state index >= 15 is 0 Å². The second kappa shape index (κ2) is 3.90. The van der Waals surface area contributed by atoms with Crippen LogP contribution in [0.2, 0.25) is 0 Å². The van der Waals surface area contributed by atoms with E-state index in [1.165, 1.54) is 11.1 Å². The quantitative estimate of drug-likeness (QED) is 0.643. The van der Waals surface area contributed by atoms with Gasteiger partial charge in [0.1, 0.15) is 0 Å². The van der Waals surface area contributed by atoms with Crippen molar-refractivity contribution in [1.82, 2.24) is 0 Å². The predicted octanol–water partition coefficient (Wildman–Crippen LogP) is 2.88. The molecule has 0 N–H and O–H groups in total. The number of hydrogen-bond acceptors (Lipinski definition) is 0. The molecule has 0 aliphatic rings. The van der Waals surface area contributed by atoms with E-state index in [4.69, 9.17) is 0 Å². The molecule has 0 aromatic heterocycles. The van der Waals surface area contributed by atoms with E-state index < -0.39 is 0 Å². The second-order valence-corrected chi connectivity index (χ2v) is 3.00. The highest BCUT2D eigenvalue weighted by Gasteiger charge is 1.92. The molecule has 62 valence electrons. The smallest absolute Gasteiger partial charge is 0.00253 e. The van der Waals surface area contributed by atoms with Crippen LogP contribution in [0.1, 0.15) is 11.1 Å². The minimum atomic E-state index is 0.967. The molecule has 0 aliphatic heterocycles. The maximum absolute atomic E-state index is 3.07. The highest BCUT2D eigenvalue weighted by Crippen LogP contribution is 2.07. The minimum absolute atomic E-state index is 0.967. The first-order chi connectivity index (χ1) is 6.45. The van der Waals surface area contributed by atoms with Gasteiger partial charge < -0.3 is 0 Å². The van der Waals surface area contributed by atoms with Crippen molar-refractivity contribution in [2.75, 3.05) is 0 Å². The Kier molecular flexibility index (Phi) is 2.42. The predicted molar refractivity (Wildman–Crippen MR) is 53.4 cm³/mol. The molecule has 0 saturated carbocycles. The van der Waals surface area contributed by atoms with Crippen molar-refractivity contribution in [2.24, 2.45) is 0 Å². The molecular weight excluding hydrogens is 156 g/mol. The van der Waals surface area contributed by atoms with Gasteiger partial charge in [0.05, 0.1) is 0 Å². The minimum Gasteiger partial charge on any atom is -0.0614 e. The highest BCUT2D eigenvalue weighted by atomic mass is 14.0. The molecule has 2 rings (SSSR count). The van der Waals surface area contributed by atoms with Gasteiger partial charge in [0.15, 0.2) is 0 Å². The van der Waals surface area contributed by atoms with E-state index in [9.17, 15) is 0 Å². The third kappa shape index (κ3) is 2.19. The molecule has 0 unspecified atom stereocenters. The van der Waals surface area contributed by atoms with E-state index in [-0.39, 0.29) is 0 Å². The Balaban J connectivity index is 2.16. The third-order valence-corrected chi connectivity index (χ3v) is 1.95. The van der Waals surface area contributed by atoms with Crippen LogP contribution in [0.15, 0.2) is 48.5 Å². The summed E-state index contributed by atoms with van der Waals surface area (Å²) in [4.78, 5) is 0. The summed E-state index contributed by atoms with van der Waals surface area (Å²) in [6, 6.07) is 22.3. The Morgan fingerprint density at radius 2 is 1.38 bits per heavy atom. The third-order valence-electron chi connectivity index (χ3n) is 1.95. The summed E-state index contributed by atoms with van der Waals surface area (Å²) in [6.07, 6.45) is 0.967. The van der Waals surface area contributed by atoms with Crippen LogP contribution in [0.3, 0.4) is 0 Å². The van der Waals surface area contributed by atoms with Crippen molar-refractivity contribution in [3.63, 3.8) is 0 Å². The highest BCUT2D eigenvalue weighted by molar-refractivity contribution is 5.24. The Morgan fingerprint density at radius 3 is 1.77 bits per heavy atom. The van der Waals surface area contributed by atoms with Crippen LogP contribution in [-0.4, -0.2) is 0 Å². The zero-order valence-electron chi connectivity index (χ0n) is 7.33. The van der Waals surface area contributed by atoms with Gasteiger partial charge in [-0.2, -0.15) is 0 Å². The zero-order chi connectivity index (χ0) is 8.93. The average molecular weight is 166 g/mol. The molecule has 13 heavy (non-hydrogen) atoms. The van der Waals surface area contributed by atoms with Crippen molar-refractivity contribution in [3.8, 4) is 0 Å². The lowest BCUT2D eigenvalue weighted by Crippen LogP contribution is -1.86. The van der Waals surface area contributed by atoms with E-state index in [0.29, 0.717) is 0 Å². The maximum atomic E-state index is 3.07. The Morgan fingerprint density at radius 1 is 0.846 bits per heavy atom. The van der Waals surface area contributed by atoms with Crippen LogP contribution in [-0.2, 0) is 6.42 Å². The topological polar surface area (TPSA) is 0 Å². The van der Waals surface area contributed by atoms with Gasteiger partial charge in [-0.05, 0) is 29.7 Å². The molecule has 0 nitrogen and oxygen atoms in total. The molecule has 0 amide bonds. The van der Waals surface area contributed by atoms with Gasteiger partial charge in [-0.3, -0.25) is 0 Å². The van der Waals surface area contributed by atoms with E-state index in [1.54, 1.807) is 0 Å². The van der Waals surface area contributed by atoms with Crippen LogP contribution in [0, 0.1) is 12.1 Å². The molecule has 0 heteroatoms. The summed E-state index contributed by atoms with van der Waals surface area (Å²) in [6.45, 7) is 0. The van der Waals surface area contributed by atoms with Crippen LogP contribution in [0.4, 0.5) is 0 Å². The van der Waals surface area contributed by atoms with E-state index in [2.05, 4.69) is 24.3 Å². The lowest BCUT2D eigenvalue weighted by molar-refractivity contribution is 1.19. The lowest BCUT2D eigenvalue weighted by atomic mass is 10.1. The first kappa shape index (κ1) is 8.06. The first-order valence-electron chi connectivity index (χ1n) is 4.35. The summed E-state index contributed by atoms with van der Waals surface area (Å²) in [5.74, 6) is 0. The van der Waals surface area contributed by atoms with Crippen LogP contribution in [0.25, 0.3) is 0 Å². The molecule has 0 fully saturated rings. The molecule has 2 aromatic rings. The van der Waals surface area contributed by atoms with Gasteiger partial charge >= 0.3 is 0 Å². The molecular formula is C13H10. The van der Waals surface area contributed by atoms with Crippen LogP contribution in [0.5, 0.6) is 0 Å². The SMILES string of the molecule is [c]1cccc(Cc2c[c]ccc2)c1. The zero-order valence-corrected chi connectivity index (χ0v) is 7.33. The molecule has 0 atom stereocenters. The fourth-order valence-electron chi connectivity index (χ4n) is 1.32. The molecule has 0 spiro atoms. The van der Waals surface area contributed by atoms with Crippen molar-refractivity contribution >= 4 is 0 Å². The second-order valence-electron chi connectivity index (χ2n) is 3.00. The molecule has 0 bridgehead atoms. The van der Waals surface area contributed by atoms with Gasteiger partial charge in [-0.15, -0.1) is 0 Å². The first-order valence-corrected chi connectivity index (χ1v) is 4.35. The standard InChI is InChI=1S/C13H10/c1-3-7-12(8-4-1)11-13-9-5-2-6-10-13/h1-3,5,7-10H,11H2. The summed E-state index contributed by atoms with van der Waals surface area (Å²) >= 11 is 0. The van der Waals surface area contributed by atoms with Crippen molar-refractivity contribution in [1.29, 1.82) is 0 Å². The maximum Gasteiger partial charge on any atom is -0.00253 e. The summed E-state index contributed by atoms with van der Waals surface area (Å²) in [5, 5.41) is 0. The van der Waals surface area contributed by atoms with Crippen molar-refractivity contribution in [3.05, 3.63) is 71.8 Å². The Bertz CT molecular complexity index is 311. The van der Waals surface area contributed by atoms with Gasteiger partial charge in [-0.25, -0.2) is 0 Å². The largest absolute Gasteiger partial charge is 0.0614 e. The fourth-order valence-corrected chi connectivity index (χ4v) is 1.32. The number of hydrogen-bond donors (Lipinski definition) is 0. The molecule has 0 aliphatic carbocycles. The lowest BCUT2D eigenvalue weighted by Gasteiger charge is -1.99. The molecule has 0 saturated heterocycles.